The second-order valence-electron chi connectivity index (χ2n) is 5.07. The Morgan fingerprint density at radius 1 is 1.29 bits per heavy atom. The second-order valence-corrected chi connectivity index (χ2v) is 7.48. The van der Waals surface area contributed by atoms with Gasteiger partial charge in [0.2, 0.25) is 5.91 Å². The minimum atomic E-state index is -3.09. The molecule has 1 amide bonds. The number of hydrogen-bond donors (Lipinski definition) is 2. The first kappa shape index (κ1) is 15.5. The van der Waals surface area contributed by atoms with Crippen molar-refractivity contribution in [3.05, 3.63) is 35.4 Å². The number of rotatable bonds is 5. The van der Waals surface area contributed by atoms with Gasteiger partial charge in [-0.3, -0.25) is 4.79 Å². The fraction of sp³-hybridized carbons (Fsp3) is 0.429. The van der Waals surface area contributed by atoms with Crippen LogP contribution in [0.15, 0.2) is 24.3 Å². The molecule has 0 spiro atoms. The highest BCUT2D eigenvalue weighted by Crippen LogP contribution is 2.19. The van der Waals surface area contributed by atoms with Crippen LogP contribution in [0.4, 0.5) is 0 Å². The molecule has 7 heteroatoms. The van der Waals surface area contributed by atoms with Crippen molar-refractivity contribution in [3.63, 3.8) is 0 Å². The molecule has 1 aromatic carbocycles. The molecular weight excluding hydrogens is 294 g/mol. The lowest BCUT2D eigenvalue weighted by Crippen LogP contribution is -2.35. The van der Waals surface area contributed by atoms with Crippen LogP contribution in [0, 0.1) is 0 Å². The summed E-state index contributed by atoms with van der Waals surface area (Å²) in [6.07, 6.45) is 1.12. The molecule has 0 radical (unpaired) electrons. The first-order valence-electron chi connectivity index (χ1n) is 6.69. The van der Waals surface area contributed by atoms with Crippen LogP contribution >= 0.6 is 0 Å². The number of nitrogens with one attached hydrogen (secondary N) is 1. The highest BCUT2D eigenvalue weighted by Gasteiger charge is 2.31. The summed E-state index contributed by atoms with van der Waals surface area (Å²) in [6, 6.07) is 6.27. The predicted octanol–water partition coefficient (Wildman–Crippen LogP) is 0.621. The van der Waals surface area contributed by atoms with Gasteiger partial charge < -0.3 is 10.4 Å². The quantitative estimate of drug-likeness (QED) is 0.830. The molecule has 1 aromatic rings. The third-order valence-electron chi connectivity index (χ3n) is 3.59. The van der Waals surface area contributed by atoms with Crippen LogP contribution < -0.4 is 5.32 Å². The second kappa shape index (κ2) is 6.26. The first-order valence-corrected chi connectivity index (χ1v) is 8.41. The topological polar surface area (TPSA) is 101 Å². The molecule has 1 atom stereocenters. The number of hydrogen-bond acceptors (Lipinski definition) is 4. The SMILES string of the molecule is O=C(Cc1ccccc1C(=O)O)NCC1CCCS1(=O)=O. The molecule has 0 aliphatic carbocycles. The van der Waals surface area contributed by atoms with Crippen LogP contribution in [0.3, 0.4) is 0 Å². The van der Waals surface area contributed by atoms with E-state index in [1.807, 2.05) is 0 Å². The minimum Gasteiger partial charge on any atom is -0.478 e. The summed E-state index contributed by atoms with van der Waals surface area (Å²) in [6.45, 7) is 0.0937. The Morgan fingerprint density at radius 2 is 2.00 bits per heavy atom. The summed E-state index contributed by atoms with van der Waals surface area (Å²) in [4.78, 5) is 22.9. The summed E-state index contributed by atoms with van der Waals surface area (Å²) >= 11 is 0. The third-order valence-corrected chi connectivity index (χ3v) is 5.86. The van der Waals surface area contributed by atoms with Crippen LogP contribution in [0.1, 0.15) is 28.8 Å². The molecule has 1 aliphatic rings. The number of amides is 1. The molecule has 2 N–H and O–H groups in total. The Balaban J connectivity index is 1.95. The Labute approximate surface area is 123 Å². The number of aromatic carboxylic acids is 1. The molecule has 21 heavy (non-hydrogen) atoms. The number of carboxylic acid groups (broad SMARTS) is 1. The van der Waals surface area contributed by atoms with E-state index in [0.717, 1.165) is 0 Å². The van der Waals surface area contributed by atoms with E-state index < -0.39 is 21.1 Å². The van der Waals surface area contributed by atoms with Crippen molar-refractivity contribution in [1.82, 2.24) is 5.32 Å². The largest absolute Gasteiger partial charge is 0.478 e. The van der Waals surface area contributed by atoms with Gasteiger partial charge in [0, 0.05) is 6.54 Å². The zero-order valence-electron chi connectivity index (χ0n) is 11.4. The summed E-state index contributed by atoms with van der Waals surface area (Å²) in [5.74, 6) is -1.28. The fourth-order valence-electron chi connectivity index (χ4n) is 2.43. The molecule has 114 valence electrons. The van der Waals surface area contributed by atoms with E-state index in [1.165, 1.54) is 6.07 Å². The van der Waals surface area contributed by atoms with Crippen LogP contribution in [-0.4, -0.2) is 42.9 Å². The van der Waals surface area contributed by atoms with E-state index in [1.54, 1.807) is 18.2 Å². The van der Waals surface area contributed by atoms with Crippen LogP contribution in [0.2, 0.25) is 0 Å². The maximum atomic E-state index is 11.9. The number of sulfone groups is 1. The van der Waals surface area contributed by atoms with Gasteiger partial charge in [0.25, 0.3) is 0 Å². The zero-order valence-corrected chi connectivity index (χ0v) is 12.2. The normalized spacial score (nSPS) is 20.1. The standard InChI is InChI=1S/C14H17NO5S/c16-13(15-9-11-5-3-7-21(11,19)20)8-10-4-1-2-6-12(10)14(17)18/h1-2,4,6,11H,3,5,7-9H2,(H,15,16)(H,17,18). The van der Waals surface area contributed by atoms with Gasteiger partial charge in [-0.15, -0.1) is 0 Å². The molecule has 2 rings (SSSR count). The molecule has 1 saturated heterocycles. The van der Waals surface area contributed by atoms with Crippen LogP contribution in [0.5, 0.6) is 0 Å². The first-order chi connectivity index (χ1) is 9.90. The van der Waals surface area contributed by atoms with E-state index in [9.17, 15) is 18.0 Å². The average Bonchev–Trinajstić information content (AvgIpc) is 2.75. The number of carbonyl (C=O) groups excluding carboxylic acids is 1. The fourth-order valence-corrected chi connectivity index (χ4v) is 4.20. The van der Waals surface area contributed by atoms with E-state index in [4.69, 9.17) is 5.11 Å². The summed E-state index contributed by atoms with van der Waals surface area (Å²) in [5.41, 5.74) is 0.498. The zero-order chi connectivity index (χ0) is 15.5. The smallest absolute Gasteiger partial charge is 0.335 e. The lowest BCUT2D eigenvalue weighted by atomic mass is 10.0. The van der Waals surface area contributed by atoms with E-state index in [-0.39, 0.29) is 30.2 Å². The Bertz CT molecular complexity index is 653. The lowest BCUT2D eigenvalue weighted by molar-refractivity contribution is -0.120. The van der Waals surface area contributed by atoms with Crippen LogP contribution in [0.25, 0.3) is 0 Å². The van der Waals surface area contributed by atoms with Crippen molar-refractivity contribution < 1.29 is 23.1 Å². The van der Waals surface area contributed by atoms with Gasteiger partial charge in [0.05, 0.1) is 23.0 Å². The van der Waals surface area contributed by atoms with Crippen molar-refractivity contribution in [1.29, 1.82) is 0 Å². The maximum Gasteiger partial charge on any atom is 0.335 e. The predicted molar refractivity (Wildman–Crippen MR) is 76.9 cm³/mol. The Hall–Kier alpha value is -1.89. The molecule has 1 fully saturated rings. The molecule has 1 unspecified atom stereocenters. The van der Waals surface area contributed by atoms with Gasteiger partial charge in [-0.2, -0.15) is 0 Å². The molecule has 0 saturated carbocycles. The average molecular weight is 311 g/mol. The van der Waals surface area contributed by atoms with Gasteiger partial charge in [0.15, 0.2) is 9.84 Å². The number of benzene rings is 1. The van der Waals surface area contributed by atoms with Crippen molar-refractivity contribution in [2.75, 3.05) is 12.3 Å². The summed E-state index contributed by atoms with van der Waals surface area (Å²) in [7, 11) is -3.09. The van der Waals surface area contributed by atoms with E-state index >= 15 is 0 Å². The lowest BCUT2D eigenvalue weighted by Gasteiger charge is -2.11. The molecule has 1 heterocycles. The monoisotopic (exact) mass is 311 g/mol. The molecule has 6 nitrogen and oxygen atoms in total. The summed E-state index contributed by atoms with van der Waals surface area (Å²) < 4.78 is 23.3. The van der Waals surface area contributed by atoms with Gasteiger partial charge in [-0.05, 0) is 24.5 Å². The molecule has 1 aliphatic heterocycles. The number of carboxylic acids is 1. The van der Waals surface area contributed by atoms with Crippen LogP contribution in [-0.2, 0) is 21.1 Å². The van der Waals surface area contributed by atoms with E-state index in [0.29, 0.717) is 18.4 Å². The van der Waals surface area contributed by atoms with Gasteiger partial charge in [-0.25, -0.2) is 13.2 Å². The highest BCUT2D eigenvalue weighted by atomic mass is 32.2. The summed E-state index contributed by atoms with van der Waals surface area (Å²) in [5, 5.41) is 11.1. The highest BCUT2D eigenvalue weighted by molar-refractivity contribution is 7.92. The van der Waals surface area contributed by atoms with E-state index in [2.05, 4.69) is 5.32 Å². The Morgan fingerprint density at radius 3 is 2.62 bits per heavy atom. The van der Waals surface area contributed by atoms with Crippen molar-refractivity contribution >= 4 is 21.7 Å². The molecule has 0 bridgehead atoms. The molecule has 0 aromatic heterocycles. The van der Waals surface area contributed by atoms with Crippen molar-refractivity contribution in [3.8, 4) is 0 Å². The minimum absolute atomic E-state index is 0.0742. The van der Waals surface area contributed by atoms with Crippen molar-refractivity contribution in [2.24, 2.45) is 0 Å². The number of carbonyl (C=O) groups is 2. The Kier molecular flexibility index (Phi) is 4.62. The maximum absolute atomic E-state index is 11.9. The van der Waals surface area contributed by atoms with Gasteiger partial charge in [-0.1, -0.05) is 18.2 Å². The third kappa shape index (κ3) is 3.81. The molecular formula is C14H17NO5S. The van der Waals surface area contributed by atoms with Crippen molar-refractivity contribution in [2.45, 2.75) is 24.5 Å². The van der Waals surface area contributed by atoms with Gasteiger partial charge >= 0.3 is 5.97 Å². The van der Waals surface area contributed by atoms with Gasteiger partial charge in [0.1, 0.15) is 0 Å².